The van der Waals surface area contributed by atoms with Crippen molar-refractivity contribution < 1.29 is 19.8 Å². The summed E-state index contributed by atoms with van der Waals surface area (Å²) in [5, 5.41) is 21.0. The van der Waals surface area contributed by atoms with Crippen LogP contribution in [0.1, 0.15) is 29.9 Å². The third-order valence-electron chi connectivity index (χ3n) is 1.82. The molecule has 0 spiro atoms. The highest BCUT2D eigenvalue weighted by molar-refractivity contribution is 5.85. The Morgan fingerprint density at radius 2 is 2.21 bits per heavy atom. The average Bonchev–Trinajstić information content (AvgIpc) is 2.53. The third-order valence-corrected chi connectivity index (χ3v) is 1.82. The second-order valence-electron chi connectivity index (χ2n) is 2.75. The maximum atomic E-state index is 10.7. The zero-order chi connectivity index (χ0) is 10.7. The summed E-state index contributed by atoms with van der Waals surface area (Å²) < 4.78 is 1.14. The first-order chi connectivity index (χ1) is 6.56. The lowest BCUT2D eigenvalue weighted by Gasteiger charge is -2.09. The van der Waals surface area contributed by atoms with Crippen LogP contribution in [-0.4, -0.2) is 31.9 Å². The van der Waals surface area contributed by atoms with Crippen LogP contribution in [-0.2, 0) is 4.79 Å². The zero-order valence-electron chi connectivity index (χ0n) is 7.54. The van der Waals surface area contributed by atoms with E-state index >= 15 is 0 Å². The van der Waals surface area contributed by atoms with Gasteiger partial charge in [-0.3, -0.25) is 4.68 Å². The smallest absolute Gasteiger partial charge is 0.356 e. The molecule has 1 rings (SSSR count). The van der Waals surface area contributed by atoms with Gasteiger partial charge in [0.1, 0.15) is 6.04 Å². The van der Waals surface area contributed by atoms with Crippen molar-refractivity contribution in [2.45, 2.75) is 19.4 Å². The van der Waals surface area contributed by atoms with Gasteiger partial charge in [-0.25, -0.2) is 9.59 Å². The number of aliphatic carboxylic acids is 1. The van der Waals surface area contributed by atoms with Crippen LogP contribution >= 0.6 is 0 Å². The number of carboxylic acid groups (broad SMARTS) is 2. The van der Waals surface area contributed by atoms with Gasteiger partial charge in [0.05, 0.1) is 0 Å². The molecule has 0 saturated carbocycles. The molecule has 1 aromatic rings. The standard InChI is InChI=1S/C8H10N2O4/c1-2-6(8(13)14)10-4-3-5(9-10)7(11)12/h3-4,6H,2H2,1H3,(H,11,12)(H,13,14)/t6-/m0/s1. The quantitative estimate of drug-likeness (QED) is 0.739. The van der Waals surface area contributed by atoms with Gasteiger partial charge in [-0.15, -0.1) is 0 Å². The first-order valence-corrected chi connectivity index (χ1v) is 4.07. The Hall–Kier alpha value is -1.85. The van der Waals surface area contributed by atoms with Gasteiger partial charge in [0.25, 0.3) is 0 Å². The summed E-state index contributed by atoms with van der Waals surface area (Å²) in [6, 6.07) is 0.469. The average molecular weight is 198 g/mol. The minimum absolute atomic E-state index is 0.148. The number of carboxylic acids is 2. The van der Waals surface area contributed by atoms with Gasteiger partial charge in [-0.05, 0) is 12.5 Å². The molecule has 0 saturated heterocycles. The van der Waals surface area contributed by atoms with E-state index in [0.717, 1.165) is 4.68 Å². The lowest BCUT2D eigenvalue weighted by Crippen LogP contribution is -2.19. The fraction of sp³-hybridized carbons (Fsp3) is 0.375. The van der Waals surface area contributed by atoms with Gasteiger partial charge in [-0.1, -0.05) is 6.92 Å². The molecule has 0 aliphatic carbocycles. The molecule has 76 valence electrons. The van der Waals surface area contributed by atoms with Crippen molar-refractivity contribution in [2.24, 2.45) is 0 Å². The Bertz CT molecular complexity index is 358. The summed E-state index contributed by atoms with van der Waals surface area (Å²) >= 11 is 0. The molecular weight excluding hydrogens is 188 g/mol. The van der Waals surface area contributed by atoms with E-state index in [1.54, 1.807) is 6.92 Å². The molecule has 0 aromatic carbocycles. The molecule has 0 aliphatic heterocycles. The summed E-state index contributed by atoms with van der Waals surface area (Å²) in [5.41, 5.74) is -0.148. The Morgan fingerprint density at radius 1 is 1.57 bits per heavy atom. The molecular formula is C8H10N2O4. The maximum absolute atomic E-state index is 10.7. The zero-order valence-corrected chi connectivity index (χ0v) is 7.54. The molecule has 0 radical (unpaired) electrons. The van der Waals surface area contributed by atoms with E-state index in [-0.39, 0.29) is 5.69 Å². The number of aromatic nitrogens is 2. The highest BCUT2D eigenvalue weighted by Crippen LogP contribution is 2.10. The molecule has 0 fully saturated rings. The maximum Gasteiger partial charge on any atom is 0.356 e. The van der Waals surface area contributed by atoms with Crippen molar-refractivity contribution in [1.29, 1.82) is 0 Å². The molecule has 1 heterocycles. The van der Waals surface area contributed by atoms with E-state index in [1.807, 2.05) is 0 Å². The molecule has 6 nitrogen and oxygen atoms in total. The number of rotatable bonds is 4. The number of nitrogens with zero attached hydrogens (tertiary/aromatic N) is 2. The minimum Gasteiger partial charge on any atom is -0.480 e. The molecule has 2 N–H and O–H groups in total. The van der Waals surface area contributed by atoms with Crippen LogP contribution in [0.3, 0.4) is 0 Å². The number of hydrogen-bond donors (Lipinski definition) is 2. The Kier molecular flexibility index (Phi) is 2.85. The molecule has 0 aliphatic rings. The first-order valence-electron chi connectivity index (χ1n) is 4.07. The van der Waals surface area contributed by atoms with Gasteiger partial charge in [0, 0.05) is 6.20 Å². The number of carbonyl (C=O) groups is 2. The molecule has 0 bridgehead atoms. The molecule has 1 atom stereocenters. The molecule has 14 heavy (non-hydrogen) atoms. The van der Waals surface area contributed by atoms with E-state index in [1.165, 1.54) is 12.3 Å². The first kappa shape index (κ1) is 10.2. The van der Waals surface area contributed by atoms with Crippen LogP contribution in [0.4, 0.5) is 0 Å². The Morgan fingerprint density at radius 3 is 2.57 bits per heavy atom. The van der Waals surface area contributed by atoms with Crippen LogP contribution in [0, 0.1) is 0 Å². The van der Waals surface area contributed by atoms with Gasteiger partial charge < -0.3 is 10.2 Å². The monoisotopic (exact) mass is 198 g/mol. The van der Waals surface area contributed by atoms with Crippen LogP contribution < -0.4 is 0 Å². The predicted octanol–water partition coefficient (Wildman–Crippen LogP) is 0.617. The highest BCUT2D eigenvalue weighted by atomic mass is 16.4. The third kappa shape index (κ3) is 1.90. The summed E-state index contributed by atoms with van der Waals surface area (Å²) in [5.74, 6) is -2.18. The van der Waals surface area contributed by atoms with Gasteiger partial charge in [-0.2, -0.15) is 5.10 Å². The van der Waals surface area contributed by atoms with E-state index in [2.05, 4.69) is 5.10 Å². The van der Waals surface area contributed by atoms with Crippen molar-refractivity contribution in [3.63, 3.8) is 0 Å². The number of hydrogen-bond acceptors (Lipinski definition) is 3. The predicted molar refractivity (Wildman–Crippen MR) is 46.2 cm³/mol. The van der Waals surface area contributed by atoms with Crippen molar-refractivity contribution in [1.82, 2.24) is 9.78 Å². The molecule has 1 aromatic heterocycles. The largest absolute Gasteiger partial charge is 0.480 e. The summed E-state index contributed by atoms with van der Waals surface area (Å²) in [6.45, 7) is 1.70. The fourth-order valence-electron chi connectivity index (χ4n) is 1.10. The van der Waals surface area contributed by atoms with Crippen molar-refractivity contribution in [3.05, 3.63) is 18.0 Å². The Balaban J connectivity index is 2.95. The van der Waals surface area contributed by atoms with Crippen molar-refractivity contribution >= 4 is 11.9 Å². The SMILES string of the molecule is CC[C@@H](C(=O)O)n1ccc(C(=O)O)n1. The highest BCUT2D eigenvalue weighted by Gasteiger charge is 2.19. The lowest BCUT2D eigenvalue weighted by atomic mass is 10.2. The van der Waals surface area contributed by atoms with Crippen LogP contribution in [0.5, 0.6) is 0 Å². The van der Waals surface area contributed by atoms with E-state index < -0.39 is 18.0 Å². The Labute approximate surface area is 79.8 Å². The second kappa shape index (κ2) is 3.91. The molecule has 0 amide bonds. The second-order valence-corrected chi connectivity index (χ2v) is 2.75. The van der Waals surface area contributed by atoms with Crippen LogP contribution in [0.25, 0.3) is 0 Å². The summed E-state index contributed by atoms with van der Waals surface area (Å²) in [7, 11) is 0. The normalized spacial score (nSPS) is 12.4. The van der Waals surface area contributed by atoms with Crippen molar-refractivity contribution in [2.75, 3.05) is 0 Å². The van der Waals surface area contributed by atoms with Crippen LogP contribution in [0.15, 0.2) is 12.3 Å². The van der Waals surface area contributed by atoms with Crippen LogP contribution in [0.2, 0.25) is 0 Å². The fourth-order valence-corrected chi connectivity index (χ4v) is 1.10. The van der Waals surface area contributed by atoms with E-state index in [9.17, 15) is 9.59 Å². The van der Waals surface area contributed by atoms with Gasteiger partial charge in [0.15, 0.2) is 5.69 Å². The summed E-state index contributed by atoms with van der Waals surface area (Å²) in [4.78, 5) is 21.2. The van der Waals surface area contributed by atoms with Gasteiger partial charge >= 0.3 is 11.9 Å². The van der Waals surface area contributed by atoms with E-state index in [0.29, 0.717) is 6.42 Å². The topological polar surface area (TPSA) is 92.4 Å². The van der Waals surface area contributed by atoms with Gasteiger partial charge in [0.2, 0.25) is 0 Å². The number of aromatic carboxylic acids is 1. The van der Waals surface area contributed by atoms with E-state index in [4.69, 9.17) is 10.2 Å². The molecule has 0 unspecified atom stereocenters. The minimum atomic E-state index is -1.16. The summed E-state index contributed by atoms with van der Waals surface area (Å²) in [6.07, 6.45) is 1.71. The lowest BCUT2D eigenvalue weighted by molar-refractivity contribution is -0.141. The van der Waals surface area contributed by atoms with Crippen molar-refractivity contribution in [3.8, 4) is 0 Å². The molecule has 6 heteroatoms.